The molecule has 1 aliphatic carbocycles. The van der Waals surface area contributed by atoms with Gasteiger partial charge in [-0.15, -0.1) is 5.10 Å². The molecule has 1 N–H and O–H groups in total. The van der Waals surface area contributed by atoms with Gasteiger partial charge in [0.05, 0.1) is 23.5 Å². The van der Waals surface area contributed by atoms with Crippen molar-refractivity contribution in [3.63, 3.8) is 0 Å². The van der Waals surface area contributed by atoms with Gasteiger partial charge in [-0.2, -0.15) is 0 Å². The Bertz CT molecular complexity index is 399. The van der Waals surface area contributed by atoms with E-state index >= 15 is 0 Å². The van der Waals surface area contributed by atoms with E-state index < -0.39 is 0 Å². The maximum absolute atomic E-state index is 5.95. The van der Waals surface area contributed by atoms with Crippen molar-refractivity contribution in [2.75, 3.05) is 13.2 Å². The first-order chi connectivity index (χ1) is 8.81. The van der Waals surface area contributed by atoms with Gasteiger partial charge in [0, 0.05) is 13.2 Å². The van der Waals surface area contributed by atoms with Gasteiger partial charge < -0.3 is 10.1 Å². The molecule has 5 nitrogen and oxygen atoms in total. The average molecular weight is 250 g/mol. The summed E-state index contributed by atoms with van der Waals surface area (Å²) in [5.74, 6) is 0. The number of nitrogens with one attached hydrogen (secondary N) is 1. The molecule has 5 heteroatoms. The molecule has 0 aromatic carbocycles. The van der Waals surface area contributed by atoms with E-state index in [1.807, 2.05) is 0 Å². The second-order valence-electron chi connectivity index (χ2n) is 5.50. The van der Waals surface area contributed by atoms with E-state index in [2.05, 4.69) is 33.4 Å². The molecule has 2 fully saturated rings. The lowest BCUT2D eigenvalue weighted by atomic mass is 9.74. The van der Waals surface area contributed by atoms with Crippen molar-refractivity contribution in [2.45, 2.75) is 57.2 Å². The SMILES string of the molecule is CCNCc1cn(C2CCOC3(CCC3)C2)nn1. The third-order valence-electron chi connectivity index (χ3n) is 4.22. The predicted octanol–water partition coefficient (Wildman–Crippen LogP) is 1.66. The van der Waals surface area contributed by atoms with Crippen LogP contribution in [0, 0.1) is 0 Å². The van der Waals surface area contributed by atoms with Crippen LogP contribution >= 0.6 is 0 Å². The van der Waals surface area contributed by atoms with Crippen LogP contribution in [0.3, 0.4) is 0 Å². The van der Waals surface area contributed by atoms with Gasteiger partial charge >= 0.3 is 0 Å². The van der Waals surface area contributed by atoms with Crippen LogP contribution in [0.25, 0.3) is 0 Å². The number of hydrogen-bond donors (Lipinski definition) is 1. The highest BCUT2D eigenvalue weighted by Crippen LogP contribution is 2.45. The highest BCUT2D eigenvalue weighted by molar-refractivity contribution is 4.98. The van der Waals surface area contributed by atoms with Gasteiger partial charge in [0.25, 0.3) is 0 Å². The third kappa shape index (κ3) is 2.29. The average Bonchev–Trinajstić information content (AvgIpc) is 2.83. The molecular formula is C13H22N4O. The van der Waals surface area contributed by atoms with Crippen LogP contribution in [0.4, 0.5) is 0 Å². The molecule has 0 radical (unpaired) electrons. The predicted molar refractivity (Wildman–Crippen MR) is 68.2 cm³/mol. The smallest absolute Gasteiger partial charge is 0.0964 e. The Morgan fingerprint density at radius 2 is 2.44 bits per heavy atom. The van der Waals surface area contributed by atoms with Gasteiger partial charge in [-0.3, -0.25) is 0 Å². The second-order valence-corrected chi connectivity index (χ2v) is 5.50. The van der Waals surface area contributed by atoms with Crippen molar-refractivity contribution in [3.05, 3.63) is 11.9 Å². The van der Waals surface area contributed by atoms with Crippen LogP contribution < -0.4 is 5.32 Å². The highest BCUT2D eigenvalue weighted by Gasteiger charge is 2.43. The summed E-state index contributed by atoms with van der Waals surface area (Å²) in [7, 11) is 0. The summed E-state index contributed by atoms with van der Waals surface area (Å²) in [6.07, 6.45) is 8.02. The molecule has 0 amide bonds. The van der Waals surface area contributed by atoms with Crippen LogP contribution in [0.1, 0.15) is 50.8 Å². The second kappa shape index (κ2) is 4.97. The van der Waals surface area contributed by atoms with E-state index in [0.717, 1.165) is 38.2 Å². The summed E-state index contributed by atoms with van der Waals surface area (Å²) in [6.45, 7) is 4.74. The van der Waals surface area contributed by atoms with Crippen LogP contribution in [-0.4, -0.2) is 33.7 Å². The van der Waals surface area contributed by atoms with Crippen molar-refractivity contribution < 1.29 is 4.74 Å². The highest BCUT2D eigenvalue weighted by atomic mass is 16.5. The minimum absolute atomic E-state index is 0.177. The first kappa shape index (κ1) is 12.1. The number of ether oxygens (including phenoxy) is 1. The van der Waals surface area contributed by atoms with E-state index in [1.54, 1.807) is 0 Å². The number of nitrogens with zero attached hydrogens (tertiary/aromatic N) is 3. The van der Waals surface area contributed by atoms with E-state index in [0.29, 0.717) is 6.04 Å². The molecule has 1 aromatic rings. The summed E-state index contributed by atoms with van der Waals surface area (Å²) < 4.78 is 8.00. The molecular weight excluding hydrogens is 228 g/mol. The van der Waals surface area contributed by atoms with E-state index in [-0.39, 0.29) is 5.60 Å². The first-order valence-corrected chi connectivity index (χ1v) is 7.07. The Hall–Kier alpha value is -0.940. The van der Waals surface area contributed by atoms with Crippen LogP contribution in [0.5, 0.6) is 0 Å². The summed E-state index contributed by atoms with van der Waals surface area (Å²) in [4.78, 5) is 0. The zero-order chi connectivity index (χ0) is 12.4. The monoisotopic (exact) mass is 250 g/mol. The van der Waals surface area contributed by atoms with E-state index in [9.17, 15) is 0 Å². The fraction of sp³-hybridized carbons (Fsp3) is 0.846. The Labute approximate surface area is 108 Å². The number of rotatable bonds is 4. The van der Waals surface area contributed by atoms with Crippen molar-refractivity contribution >= 4 is 0 Å². The van der Waals surface area contributed by atoms with Gasteiger partial charge in [0.15, 0.2) is 0 Å². The lowest BCUT2D eigenvalue weighted by Crippen LogP contribution is -2.46. The largest absolute Gasteiger partial charge is 0.375 e. The van der Waals surface area contributed by atoms with Crippen molar-refractivity contribution in [1.82, 2.24) is 20.3 Å². The van der Waals surface area contributed by atoms with Gasteiger partial charge in [-0.1, -0.05) is 12.1 Å². The summed E-state index contributed by atoms with van der Waals surface area (Å²) in [5, 5.41) is 11.8. The van der Waals surface area contributed by atoms with Crippen molar-refractivity contribution in [3.8, 4) is 0 Å². The van der Waals surface area contributed by atoms with E-state index in [4.69, 9.17) is 4.74 Å². The fourth-order valence-electron chi connectivity index (χ4n) is 2.97. The fourth-order valence-corrected chi connectivity index (χ4v) is 2.97. The Balaban J connectivity index is 1.64. The lowest BCUT2D eigenvalue weighted by Gasteiger charge is -2.47. The van der Waals surface area contributed by atoms with E-state index in [1.165, 1.54) is 19.3 Å². The molecule has 1 saturated carbocycles. The molecule has 1 aromatic heterocycles. The number of aromatic nitrogens is 3. The Morgan fingerprint density at radius 3 is 3.17 bits per heavy atom. The molecule has 0 bridgehead atoms. The van der Waals surface area contributed by atoms with Crippen LogP contribution in [0.15, 0.2) is 6.20 Å². The molecule has 1 aliphatic heterocycles. The molecule has 18 heavy (non-hydrogen) atoms. The molecule has 1 saturated heterocycles. The number of hydrogen-bond acceptors (Lipinski definition) is 4. The van der Waals surface area contributed by atoms with Gasteiger partial charge in [-0.25, -0.2) is 4.68 Å². The van der Waals surface area contributed by atoms with Gasteiger partial charge in [-0.05, 0) is 38.6 Å². The van der Waals surface area contributed by atoms with Crippen LogP contribution in [0.2, 0.25) is 0 Å². The summed E-state index contributed by atoms with van der Waals surface area (Å²) in [5.41, 5.74) is 1.21. The lowest BCUT2D eigenvalue weighted by molar-refractivity contribution is -0.141. The maximum Gasteiger partial charge on any atom is 0.0964 e. The Kier molecular flexibility index (Phi) is 3.35. The molecule has 1 unspecified atom stereocenters. The topological polar surface area (TPSA) is 52.0 Å². The Morgan fingerprint density at radius 1 is 1.56 bits per heavy atom. The zero-order valence-corrected chi connectivity index (χ0v) is 11.1. The normalized spacial score (nSPS) is 26.2. The third-order valence-corrected chi connectivity index (χ3v) is 4.22. The molecule has 1 atom stereocenters. The molecule has 2 aliphatic rings. The molecule has 3 rings (SSSR count). The van der Waals surface area contributed by atoms with Gasteiger partial charge in [0.1, 0.15) is 0 Å². The summed E-state index contributed by atoms with van der Waals surface area (Å²) in [6, 6.07) is 0.474. The zero-order valence-electron chi connectivity index (χ0n) is 11.1. The maximum atomic E-state index is 5.95. The standard InChI is InChI=1S/C13H22N4O/c1-2-14-9-11-10-17(16-15-11)12-4-7-18-13(8-12)5-3-6-13/h10,12,14H,2-9H2,1H3. The van der Waals surface area contributed by atoms with Gasteiger partial charge in [0.2, 0.25) is 0 Å². The molecule has 100 valence electrons. The van der Waals surface area contributed by atoms with Crippen molar-refractivity contribution in [2.24, 2.45) is 0 Å². The van der Waals surface area contributed by atoms with Crippen molar-refractivity contribution in [1.29, 1.82) is 0 Å². The first-order valence-electron chi connectivity index (χ1n) is 7.07. The summed E-state index contributed by atoms with van der Waals surface area (Å²) >= 11 is 0. The minimum atomic E-state index is 0.177. The van der Waals surface area contributed by atoms with Crippen LogP contribution in [-0.2, 0) is 11.3 Å². The molecule has 2 heterocycles. The molecule has 1 spiro atoms. The minimum Gasteiger partial charge on any atom is -0.375 e. The quantitative estimate of drug-likeness (QED) is 0.883.